The molecule has 0 radical (unpaired) electrons. The van der Waals surface area contributed by atoms with Crippen molar-refractivity contribution in [3.8, 4) is 0 Å². The first-order valence-corrected chi connectivity index (χ1v) is 11.5. The van der Waals surface area contributed by atoms with E-state index in [2.05, 4.69) is 15.6 Å². The van der Waals surface area contributed by atoms with Gasteiger partial charge in [-0.2, -0.15) is 13.2 Å². The van der Waals surface area contributed by atoms with E-state index in [1.807, 2.05) is 31.2 Å². The number of nitrogens with zero attached hydrogens (tertiary/aromatic N) is 1. The van der Waals surface area contributed by atoms with Gasteiger partial charge in [-0.3, -0.25) is 15.1 Å². The van der Waals surface area contributed by atoms with E-state index >= 15 is 0 Å². The predicted octanol–water partition coefficient (Wildman–Crippen LogP) is 5.86. The molecule has 0 saturated heterocycles. The van der Waals surface area contributed by atoms with Gasteiger partial charge in [-0.25, -0.2) is 4.39 Å². The Kier molecular flexibility index (Phi) is 8.62. The van der Waals surface area contributed by atoms with Crippen LogP contribution in [0.2, 0.25) is 0 Å². The van der Waals surface area contributed by atoms with Gasteiger partial charge in [0.2, 0.25) is 5.91 Å². The fraction of sp³-hybridized carbons (Fsp3) is 0.333. The fourth-order valence-corrected chi connectivity index (χ4v) is 3.90. The van der Waals surface area contributed by atoms with Crippen LogP contribution >= 0.6 is 0 Å². The molecule has 1 amide bonds. The van der Waals surface area contributed by atoms with Gasteiger partial charge in [0.05, 0.1) is 0 Å². The van der Waals surface area contributed by atoms with Gasteiger partial charge in [0.1, 0.15) is 17.6 Å². The summed E-state index contributed by atoms with van der Waals surface area (Å²) in [5.74, 6) is -0.563. The third-order valence-electron chi connectivity index (χ3n) is 6.02. The van der Waals surface area contributed by atoms with Crippen molar-refractivity contribution in [2.45, 2.75) is 51.4 Å². The molecule has 35 heavy (non-hydrogen) atoms. The van der Waals surface area contributed by atoms with Crippen molar-refractivity contribution in [3.05, 3.63) is 100 Å². The highest BCUT2D eigenvalue weighted by Crippen LogP contribution is 2.29. The van der Waals surface area contributed by atoms with E-state index < -0.39 is 17.9 Å². The molecular weight excluding hydrogens is 458 g/mol. The number of halogens is 4. The number of benzene rings is 2. The van der Waals surface area contributed by atoms with Crippen molar-refractivity contribution in [2.75, 3.05) is 7.05 Å². The lowest BCUT2D eigenvalue weighted by molar-refractivity contribution is -0.141. The Bertz CT molecular complexity index is 1130. The standard InChI is InChI=1S/C27H29F4N3O/c1-4-18-5-9-20(10-6-18)25(26(35)32-3)34-23(21-11-12-22(28)17(2)15-21)13-7-19-8-14-24(33-16-19)27(29,30)31/h5-6,8-12,14-16,23,25,34H,4,7,13H2,1-3H3,(H,32,35)/t23-,25?/m1/s1. The number of hydrogen-bond acceptors (Lipinski definition) is 3. The van der Waals surface area contributed by atoms with E-state index in [4.69, 9.17) is 0 Å². The lowest BCUT2D eigenvalue weighted by atomic mass is 9.95. The number of pyridine rings is 1. The summed E-state index contributed by atoms with van der Waals surface area (Å²) in [7, 11) is 1.56. The first kappa shape index (κ1) is 26.3. The second-order valence-electron chi connectivity index (χ2n) is 8.46. The number of amides is 1. The zero-order valence-electron chi connectivity index (χ0n) is 19.9. The van der Waals surface area contributed by atoms with Gasteiger partial charge in [-0.1, -0.05) is 49.4 Å². The van der Waals surface area contributed by atoms with E-state index in [-0.39, 0.29) is 17.8 Å². The van der Waals surface area contributed by atoms with Gasteiger partial charge in [0, 0.05) is 19.3 Å². The summed E-state index contributed by atoms with van der Waals surface area (Å²) in [5.41, 5.74) is 2.86. The zero-order chi connectivity index (χ0) is 25.6. The normalized spacial score (nSPS) is 13.3. The van der Waals surface area contributed by atoms with Gasteiger partial charge in [-0.15, -0.1) is 0 Å². The Morgan fingerprint density at radius 3 is 2.20 bits per heavy atom. The van der Waals surface area contributed by atoms with Crippen LogP contribution in [-0.4, -0.2) is 17.9 Å². The van der Waals surface area contributed by atoms with Crippen LogP contribution in [0.4, 0.5) is 17.6 Å². The molecule has 0 bridgehead atoms. The molecule has 1 aromatic heterocycles. The van der Waals surface area contributed by atoms with E-state index in [1.165, 1.54) is 18.3 Å². The molecule has 2 N–H and O–H groups in total. The largest absolute Gasteiger partial charge is 0.433 e. The quantitative estimate of drug-likeness (QED) is 0.372. The molecule has 0 spiro atoms. The van der Waals surface area contributed by atoms with Crippen molar-refractivity contribution in [2.24, 2.45) is 0 Å². The molecule has 4 nitrogen and oxygen atoms in total. The molecule has 1 unspecified atom stereocenters. The summed E-state index contributed by atoms with van der Waals surface area (Å²) in [5, 5.41) is 6.08. The summed E-state index contributed by atoms with van der Waals surface area (Å²) in [4.78, 5) is 16.3. The minimum atomic E-state index is -4.50. The monoisotopic (exact) mass is 487 g/mol. The van der Waals surface area contributed by atoms with E-state index in [1.54, 1.807) is 26.1 Å². The van der Waals surface area contributed by atoms with Crippen molar-refractivity contribution in [1.82, 2.24) is 15.6 Å². The number of likely N-dealkylation sites (N-methyl/N-ethyl adjacent to an activating group) is 1. The van der Waals surface area contributed by atoms with Crippen molar-refractivity contribution >= 4 is 5.91 Å². The molecule has 1 heterocycles. The van der Waals surface area contributed by atoms with Crippen LogP contribution in [-0.2, 0) is 23.8 Å². The first-order chi connectivity index (χ1) is 16.6. The van der Waals surface area contributed by atoms with Gasteiger partial charge in [0.15, 0.2) is 0 Å². The van der Waals surface area contributed by atoms with Crippen LogP contribution in [0.25, 0.3) is 0 Å². The lowest BCUT2D eigenvalue weighted by Gasteiger charge is -2.26. The Hall–Kier alpha value is -3.26. The minimum absolute atomic E-state index is 0.228. The Labute approximate surface area is 202 Å². The average molecular weight is 488 g/mol. The molecule has 0 aliphatic heterocycles. The minimum Gasteiger partial charge on any atom is -0.358 e. The molecule has 3 aromatic rings. The van der Waals surface area contributed by atoms with Crippen LogP contribution in [0.5, 0.6) is 0 Å². The third-order valence-corrected chi connectivity index (χ3v) is 6.02. The molecule has 0 fully saturated rings. The highest BCUT2D eigenvalue weighted by Gasteiger charge is 2.32. The molecular formula is C27H29F4N3O. The Morgan fingerprint density at radius 1 is 1.00 bits per heavy atom. The highest BCUT2D eigenvalue weighted by molar-refractivity contribution is 5.83. The number of carbonyl (C=O) groups excluding carboxylic acids is 1. The summed E-state index contributed by atoms with van der Waals surface area (Å²) in [6, 6.07) is 13.8. The summed E-state index contributed by atoms with van der Waals surface area (Å²) in [6.45, 7) is 3.71. The van der Waals surface area contributed by atoms with Gasteiger partial charge in [-0.05, 0) is 66.1 Å². The van der Waals surface area contributed by atoms with Crippen LogP contribution < -0.4 is 10.6 Å². The lowest BCUT2D eigenvalue weighted by Crippen LogP contribution is -2.38. The smallest absolute Gasteiger partial charge is 0.358 e. The molecule has 2 atom stereocenters. The summed E-state index contributed by atoms with van der Waals surface area (Å²) < 4.78 is 52.5. The predicted molar refractivity (Wildman–Crippen MR) is 127 cm³/mol. The van der Waals surface area contributed by atoms with Gasteiger partial charge >= 0.3 is 6.18 Å². The Morgan fingerprint density at radius 2 is 1.66 bits per heavy atom. The molecule has 8 heteroatoms. The number of aryl methyl sites for hydroxylation is 3. The topological polar surface area (TPSA) is 54.0 Å². The maximum Gasteiger partial charge on any atom is 0.433 e. The molecule has 3 rings (SSSR count). The highest BCUT2D eigenvalue weighted by atomic mass is 19.4. The zero-order valence-corrected chi connectivity index (χ0v) is 19.9. The van der Waals surface area contributed by atoms with Crippen LogP contribution in [0, 0.1) is 12.7 Å². The fourth-order valence-electron chi connectivity index (χ4n) is 3.90. The van der Waals surface area contributed by atoms with Crippen molar-refractivity contribution in [1.29, 1.82) is 0 Å². The molecule has 186 valence electrons. The second-order valence-corrected chi connectivity index (χ2v) is 8.46. The summed E-state index contributed by atoms with van der Waals surface area (Å²) in [6.07, 6.45) is -1.54. The number of alkyl halides is 3. The average Bonchev–Trinajstić information content (AvgIpc) is 2.85. The molecule has 0 aliphatic rings. The molecule has 0 saturated carbocycles. The first-order valence-electron chi connectivity index (χ1n) is 11.5. The number of hydrogen-bond donors (Lipinski definition) is 2. The van der Waals surface area contributed by atoms with Crippen LogP contribution in [0.1, 0.15) is 58.9 Å². The number of rotatable bonds is 9. The number of carbonyl (C=O) groups is 1. The second kappa shape index (κ2) is 11.4. The van der Waals surface area contributed by atoms with E-state index in [9.17, 15) is 22.4 Å². The summed E-state index contributed by atoms with van der Waals surface area (Å²) >= 11 is 0. The maximum absolute atomic E-state index is 13.9. The third kappa shape index (κ3) is 6.88. The Balaban J connectivity index is 1.89. The van der Waals surface area contributed by atoms with Gasteiger partial charge < -0.3 is 5.32 Å². The van der Waals surface area contributed by atoms with Gasteiger partial charge in [0.25, 0.3) is 0 Å². The molecule has 2 aromatic carbocycles. The van der Waals surface area contributed by atoms with E-state index in [0.29, 0.717) is 24.0 Å². The number of nitrogens with one attached hydrogen (secondary N) is 2. The van der Waals surface area contributed by atoms with Crippen LogP contribution in [0.3, 0.4) is 0 Å². The number of aromatic nitrogens is 1. The molecule has 0 aliphatic carbocycles. The van der Waals surface area contributed by atoms with E-state index in [0.717, 1.165) is 29.2 Å². The van der Waals surface area contributed by atoms with Crippen LogP contribution in [0.15, 0.2) is 60.8 Å². The maximum atomic E-state index is 13.9. The SMILES string of the molecule is CCc1ccc(C(N[C@H](CCc2ccc(C(F)(F)F)nc2)c2ccc(F)c(C)c2)C(=O)NC)cc1. The van der Waals surface area contributed by atoms with Crippen molar-refractivity contribution in [3.63, 3.8) is 0 Å². The van der Waals surface area contributed by atoms with Crippen molar-refractivity contribution < 1.29 is 22.4 Å².